The number of fused-ring (bicyclic) bond motifs is 3. The summed E-state index contributed by atoms with van der Waals surface area (Å²) in [6.45, 7) is 2.10. The Bertz CT molecular complexity index is 963. The lowest BCUT2D eigenvalue weighted by Crippen LogP contribution is -2.33. The Morgan fingerprint density at radius 3 is 2.42 bits per heavy atom. The van der Waals surface area contributed by atoms with Crippen LogP contribution in [0.4, 0.5) is 0 Å². The molecule has 3 aromatic carbocycles. The minimum atomic E-state index is -0.197. The highest BCUT2D eigenvalue weighted by Gasteiger charge is 2.40. The second-order valence-electron chi connectivity index (χ2n) is 6.93. The zero-order valence-electron chi connectivity index (χ0n) is 14.7. The summed E-state index contributed by atoms with van der Waals surface area (Å²) in [6.07, 6.45) is 0.698. The first-order valence-electron chi connectivity index (χ1n) is 9.03. The van der Waals surface area contributed by atoms with E-state index in [0.717, 1.165) is 23.4 Å². The molecule has 3 aromatic rings. The van der Waals surface area contributed by atoms with Crippen LogP contribution in [0.5, 0.6) is 5.75 Å². The summed E-state index contributed by atoms with van der Waals surface area (Å²) in [7, 11) is 0. The van der Waals surface area contributed by atoms with Crippen molar-refractivity contribution in [3.05, 3.63) is 101 Å². The fourth-order valence-electron chi connectivity index (χ4n) is 3.79. The van der Waals surface area contributed by atoms with Gasteiger partial charge >= 0.3 is 0 Å². The molecule has 2 atom stereocenters. The molecule has 5 rings (SSSR count). The van der Waals surface area contributed by atoms with Gasteiger partial charge in [0, 0.05) is 17.5 Å². The summed E-state index contributed by atoms with van der Waals surface area (Å²) >= 11 is 0. The van der Waals surface area contributed by atoms with Crippen LogP contribution in [0.15, 0.2) is 84.0 Å². The van der Waals surface area contributed by atoms with Crippen LogP contribution in [0.3, 0.4) is 0 Å². The van der Waals surface area contributed by atoms with Crippen LogP contribution in [0.1, 0.15) is 40.9 Å². The number of aryl methyl sites for hydroxylation is 1. The summed E-state index contributed by atoms with van der Waals surface area (Å²) in [5, 5.41) is 7.12. The van der Waals surface area contributed by atoms with Gasteiger partial charge in [0.2, 0.25) is 6.23 Å². The van der Waals surface area contributed by atoms with E-state index >= 15 is 0 Å². The quantitative estimate of drug-likeness (QED) is 0.637. The maximum Gasteiger partial charge on any atom is 0.213 e. The van der Waals surface area contributed by atoms with Crippen molar-refractivity contribution < 1.29 is 4.74 Å². The highest BCUT2D eigenvalue weighted by Crippen LogP contribution is 2.47. The molecule has 0 bridgehead atoms. The standard InChI is InChI=1S/C23H20N2O/c1-16-11-13-18(14-12-16)23-25-21(19-9-5-6-10-22(19)26-23)15-20(24-25)17-7-3-2-4-8-17/h2-14,21,23H,15H2,1H3/t21-,23-/m0/s1. The summed E-state index contributed by atoms with van der Waals surface area (Å²) in [5.41, 5.74) is 5.89. The number of hydrogen-bond donors (Lipinski definition) is 0. The van der Waals surface area contributed by atoms with Crippen LogP contribution in [-0.4, -0.2) is 10.7 Å². The molecule has 0 saturated carbocycles. The lowest BCUT2D eigenvalue weighted by atomic mass is 9.96. The second-order valence-corrected chi connectivity index (χ2v) is 6.93. The maximum atomic E-state index is 6.37. The van der Waals surface area contributed by atoms with Gasteiger partial charge in [0.25, 0.3) is 0 Å². The normalized spacial score (nSPS) is 20.8. The minimum Gasteiger partial charge on any atom is -0.464 e. The molecule has 0 N–H and O–H groups in total. The first-order chi connectivity index (χ1) is 12.8. The SMILES string of the molecule is Cc1ccc([C@@H]2Oc3ccccc3[C@@H]3CC(c4ccccc4)=NN32)cc1. The van der Waals surface area contributed by atoms with Gasteiger partial charge in [-0.05, 0) is 18.6 Å². The molecule has 0 amide bonds. The number of nitrogens with zero attached hydrogens (tertiary/aromatic N) is 2. The molecule has 128 valence electrons. The number of para-hydroxylation sites is 1. The first kappa shape index (κ1) is 15.2. The van der Waals surface area contributed by atoms with Crippen LogP contribution in [0.2, 0.25) is 0 Å². The Labute approximate surface area is 153 Å². The van der Waals surface area contributed by atoms with Crippen LogP contribution in [0, 0.1) is 6.92 Å². The van der Waals surface area contributed by atoms with Crippen molar-refractivity contribution >= 4 is 5.71 Å². The highest BCUT2D eigenvalue weighted by atomic mass is 16.5. The third kappa shape index (κ3) is 2.48. The number of rotatable bonds is 2. The zero-order valence-corrected chi connectivity index (χ0v) is 14.7. The van der Waals surface area contributed by atoms with E-state index < -0.39 is 0 Å². The minimum absolute atomic E-state index is 0.197. The van der Waals surface area contributed by atoms with Crippen molar-refractivity contribution in [2.45, 2.75) is 25.6 Å². The van der Waals surface area contributed by atoms with Gasteiger partial charge in [-0.25, -0.2) is 5.01 Å². The van der Waals surface area contributed by atoms with E-state index in [1.807, 2.05) is 12.1 Å². The fraction of sp³-hybridized carbons (Fsp3) is 0.174. The predicted octanol–water partition coefficient (Wildman–Crippen LogP) is 5.24. The number of ether oxygens (including phenoxy) is 1. The van der Waals surface area contributed by atoms with E-state index in [9.17, 15) is 0 Å². The smallest absolute Gasteiger partial charge is 0.213 e. The monoisotopic (exact) mass is 340 g/mol. The molecular formula is C23H20N2O. The van der Waals surface area contributed by atoms with Gasteiger partial charge in [0.05, 0.1) is 11.8 Å². The molecular weight excluding hydrogens is 320 g/mol. The molecule has 3 heteroatoms. The molecule has 2 aliphatic heterocycles. The van der Waals surface area contributed by atoms with Crippen LogP contribution in [0.25, 0.3) is 0 Å². The molecule has 2 heterocycles. The van der Waals surface area contributed by atoms with E-state index in [0.29, 0.717) is 0 Å². The van der Waals surface area contributed by atoms with E-state index in [-0.39, 0.29) is 12.3 Å². The zero-order chi connectivity index (χ0) is 17.5. The van der Waals surface area contributed by atoms with Crippen LogP contribution in [-0.2, 0) is 0 Å². The maximum absolute atomic E-state index is 6.37. The molecule has 0 radical (unpaired) electrons. The first-order valence-corrected chi connectivity index (χ1v) is 9.03. The lowest BCUT2D eigenvalue weighted by molar-refractivity contribution is -0.0190. The Morgan fingerprint density at radius 1 is 0.885 bits per heavy atom. The van der Waals surface area contributed by atoms with Gasteiger partial charge < -0.3 is 4.74 Å². The number of hydrogen-bond acceptors (Lipinski definition) is 3. The Morgan fingerprint density at radius 2 is 1.62 bits per heavy atom. The number of hydrazone groups is 1. The summed E-state index contributed by atoms with van der Waals surface area (Å²) in [6, 6.07) is 27.5. The average molecular weight is 340 g/mol. The van der Waals surface area contributed by atoms with Crippen LogP contribution < -0.4 is 4.74 Å². The van der Waals surface area contributed by atoms with E-state index in [2.05, 4.69) is 78.7 Å². The molecule has 3 nitrogen and oxygen atoms in total. The van der Waals surface area contributed by atoms with Gasteiger partial charge in [-0.3, -0.25) is 0 Å². The van der Waals surface area contributed by atoms with Crippen molar-refractivity contribution in [2.75, 3.05) is 0 Å². The largest absolute Gasteiger partial charge is 0.464 e. The Kier molecular flexibility index (Phi) is 3.52. The molecule has 2 aliphatic rings. The van der Waals surface area contributed by atoms with Gasteiger partial charge in [-0.15, -0.1) is 0 Å². The van der Waals surface area contributed by atoms with Crippen molar-refractivity contribution in [1.29, 1.82) is 0 Å². The topological polar surface area (TPSA) is 24.8 Å². The summed E-state index contributed by atoms with van der Waals surface area (Å²) < 4.78 is 6.37. The van der Waals surface area contributed by atoms with E-state index in [1.165, 1.54) is 16.7 Å². The third-order valence-electron chi connectivity index (χ3n) is 5.17. The number of benzene rings is 3. The molecule has 0 aliphatic carbocycles. The van der Waals surface area contributed by atoms with Gasteiger partial charge in [-0.2, -0.15) is 5.10 Å². The molecule has 0 fully saturated rings. The lowest BCUT2D eigenvalue weighted by Gasteiger charge is -2.38. The molecule has 0 spiro atoms. The fourth-order valence-corrected chi connectivity index (χ4v) is 3.79. The van der Waals surface area contributed by atoms with Crippen LogP contribution >= 0.6 is 0 Å². The Hall–Kier alpha value is -3.07. The predicted molar refractivity (Wildman–Crippen MR) is 103 cm³/mol. The summed E-state index contributed by atoms with van der Waals surface area (Å²) in [4.78, 5) is 0. The molecule has 26 heavy (non-hydrogen) atoms. The summed E-state index contributed by atoms with van der Waals surface area (Å²) in [5.74, 6) is 0.962. The van der Waals surface area contributed by atoms with E-state index in [1.54, 1.807) is 0 Å². The van der Waals surface area contributed by atoms with Gasteiger partial charge in [-0.1, -0.05) is 78.4 Å². The van der Waals surface area contributed by atoms with Crippen molar-refractivity contribution in [1.82, 2.24) is 5.01 Å². The third-order valence-corrected chi connectivity index (χ3v) is 5.17. The van der Waals surface area contributed by atoms with E-state index in [4.69, 9.17) is 9.84 Å². The van der Waals surface area contributed by atoms with Gasteiger partial charge in [0.15, 0.2) is 0 Å². The van der Waals surface area contributed by atoms with Gasteiger partial charge in [0.1, 0.15) is 5.75 Å². The Balaban J connectivity index is 1.60. The van der Waals surface area contributed by atoms with Crippen molar-refractivity contribution in [3.8, 4) is 5.75 Å². The van der Waals surface area contributed by atoms with Crippen molar-refractivity contribution in [3.63, 3.8) is 0 Å². The molecule has 0 saturated heterocycles. The molecule has 0 unspecified atom stereocenters. The highest BCUT2D eigenvalue weighted by molar-refractivity contribution is 6.01. The second kappa shape index (κ2) is 6.03. The van der Waals surface area contributed by atoms with Crippen molar-refractivity contribution in [2.24, 2.45) is 5.10 Å². The molecule has 0 aromatic heterocycles. The average Bonchev–Trinajstić information content (AvgIpc) is 3.14.